The Balaban J connectivity index is 1.59. The van der Waals surface area contributed by atoms with Gasteiger partial charge in [-0.1, -0.05) is 30.3 Å². The molecule has 1 unspecified atom stereocenters. The first-order valence-corrected chi connectivity index (χ1v) is 9.15. The molecule has 1 heterocycles. The smallest absolute Gasteiger partial charge is 0.178 e. The molecular formula is C21H26O5. The van der Waals surface area contributed by atoms with Crippen molar-refractivity contribution in [3.63, 3.8) is 0 Å². The van der Waals surface area contributed by atoms with Crippen LogP contribution in [0.5, 0.6) is 0 Å². The van der Waals surface area contributed by atoms with Gasteiger partial charge in [-0.05, 0) is 49.1 Å². The van der Waals surface area contributed by atoms with E-state index < -0.39 is 5.60 Å². The van der Waals surface area contributed by atoms with E-state index in [4.69, 9.17) is 14.2 Å². The molecule has 0 radical (unpaired) electrons. The highest BCUT2D eigenvalue weighted by Gasteiger charge is 2.35. The second kappa shape index (κ2) is 9.24. The minimum atomic E-state index is -1.26. The Kier molecular flexibility index (Phi) is 6.74. The molecule has 1 aromatic carbocycles. The van der Waals surface area contributed by atoms with Crippen molar-refractivity contribution in [2.24, 2.45) is 5.92 Å². The van der Waals surface area contributed by atoms with E-state index in [1.807, 2.05) is 30.3 Å². The van der Waals surface area contributed by atoms with E-state index in [0.717, 1.165) is 24.8 Å². The van der Waals surface area contributed by atoms with Crippen molar-refractivity contribution < 1.29 is 24.1 Å². The molecule has 140 valence electrons. The fourth-order valence-electron chi connectivity index (χ4n) is 3.09. The van der Waals surface area contributed by atoms with E-state index in [9.17, 15) is 9.90 Å². The molecule has 1 N–H and O–H groups in total. The van der Waals surface area contributed by atoms with Gasteiger partial charge in [0.15, 0.2) is 12.1 Å². The summed E-state index contributed by atoms with van der Waals surface area (Å²) in [4.78, 5) is 11.4. The molecule has 0 aromatic heterocycles. The fourth-order valence-corrected chi connectivity index (χ4v) is 3.09. The lowest BCUT2D eigenvalue weighted by molar-refractivity contribution is -0.180. The molecule has 2 atom stereocenters. The van der Waals surface area contributed by atoms with Gasteiger partial charge in [-0.25, -0.2) is 0 Å². The van der Waals surface area contributed by atoms with Crippen LogP contribution in [0.15, 0.2) is 54.6 Å². The normalized spacial score (nSPS) is 23.1. The zero-order chi connectivity index (χ0) is 18.2. The first-order valence-electron chi connectivity index (χ1n) is 9.15. The summed E-state index contributed by atoms with van der Waals surface area (Å²) < 4.78 is 17.3. The van der Waals surface area contributed by atoms with Crippen molar-refractivity contribution in [2.75, 3.05) is 19.8 Å². The summed E-state index contributed by atoms with van der Waals surface area (Å²) in [6.45, 7) is 1.76. The Morgan fingerprint density at radius 3 is 2.62 bits per heavy atom. The molecule has 1 aliphatic heterocycles. The molecule has 0 amide bonds. The fraction of sp³-hybridized carbons (Fsp3) is 0.476. The van der Waals surface area contributed by atoms with Crippen molar-refractivity contribution in [2.45, 2.75) is 37.8 Å². The molecule has 5 nitrogen and oxygen atoms in total. The maximum Gasteiger partial charge on any atom is 0.178 e. The number of allylic oxidation sites excluding steroid dienone is 2. The Hall–Kier alpha value is -1.79. The van der Waals surface area contributed by atoms with Crippen LogP contribution >= 0.6 is 0 Å². The van der Waals surface area contributed by atoms with Crippen molar-refractivity contribution in [1.82, 2.24) is 0 Å². The molecule has 1 fully saturated rings. The number of carbonyl (C=O) groups excluding carboxylic acids is 1. The highest BCUT2D eigenvalue weighted by atomic mass is 16.7. The number of hydrogen-bond acceptors (Lipinski definition) is 5. The van der Waals surface area contributed by atoms with E-state index in [2.05, 4.69) is 0 Å². The van der Waals surface area contributed by atoms with Gasteiger partial charge in [0.2, 0.25) is 0 Å². The average molecular weight is 358 g/mol. The third-order valence-electron chi connectivity index (χ3n) is 4.73. The van der Waals surface area contributed by atoms with Gasteiger partial charge >= 0.3 is 0 Å². The van der Waals surface area contributed by atoms with Crippen LogP contribution in [0.1, 0.15) is 24.8 Å². The van der Waals surface area contributed by atoms with Gasteiger partial charge in [0.1, 0.15) is 5.60 Å². The molecule has 0 spiro atoms. The maximum absolute atomic E-state index is 11.4. The van der Waals surface area contributed by atoms with Crippen LogP contribution in [0.2, 0.25) is 0 Å². The Labute approximate surface area is 154 Å². The summed E-state index contributed by atoms with van der Waals surface area (Å²) in [6, 6.07) is 9.88. The number of ether oxygens (including phenoxy) is 3. The molecule has 0 saturated carbocycles. The molecule has 1 aliphatic carbocycles. The standard InChI is InChI=1S/C21H26O5/c22-19-9-11-21(23,12-10-19)18(16-26-20-8-4-5-13-25-20)15-24-14-17-6-2-1-3-7-17/h1-3,6-7,9-12,18,20,23H,4-5,8,13-16H2/t18-,20?/m0/s1. The molecular weight excluding hydrogens is 332 g/mol. The van der Waals surface area contributed by atoms with Crippen molar-refractivity contribution in [3.8, 4) is 0 Å². The van der Waals surface area contributed by atoms with Crippen LogP contribution in [-0.4, -0.2) is 42.6 Å². The lowest BCUT2D eigenvalue weighted by Gasteiger charge is -2.33. The largest absolute Gasteiger partial charge is 0.381 e. The van der Waals surface area contributed by atoms with Crippen molar-refractivity contribution in [1.29, 1.82) is 0 Å². The van der Waals surface area contributed by atoms with E-state index in [0.29, 0.717) is 26.4 Å². The summed E-state index contributed by atoms with van der Waals surface area (Å²) in [6.07, 6.45) is 8.60. The third-order valence-corrected chi connectivity index (χ3v) is 4.73. The van der Waals surface area contributed by atoms with Gasteiger partial charge in [0, 0.05) is 12.5 Å². The van der Waals surface area contributed by atoms with Crippen LogP contribution in [-0.2, 0) is 25.6 Å². The topological polar surface area (TPSA) is 65.0 Å². The number of hydrogen-bond donors (Lipinski definition) is 1. The molecule has 26 heavy (non-hydrogen) atoms. The van der Waals surface area contributed by atoms with E-state index in [-0.39, 0.29) is 18.0 Å². The molecule has 3 rings (SSSR count). The van der Waals surface area contributed by atoms with Gasteiger partial charge in [-0.3, -0.25) is 4.79 Å². The van der Waals surface area contributed by atoms with Gasteiger partial charge < -0.3 is 19.3 Å². The summed E-state index contributed by atoms with van der Waals surface area (Å²) in [5.41, 5.74) is -0.195. The van der Waals surface area contributed by atoms with E-state index in [1.54, 1.807) is 0 Å². The van der Waals surface area contributed by atoms with E-state index >= 15 is 0 Å². The monoisotopic (exact) mass is 358 g/mol. The number of aliphatic hydroxyl groups is 1. The summed E-state index contributed by atoms with van der Waals surface area (Å²) in [7, 11) is 0. The number of ketones is 1. The average Bonchev–Trinajstić information content (AvgIpc) is 2.68. The second-order valence-electron chi connectivity index (χ2n) is 6.78. The first kappa shape index (κ1) is 19.0. The predicted octanol–water partition coefficient (Wildman–Crippen LogP) is 2.79. The maximum atomic E-state index is 11.4. The number of rotatable bonds is 8. The second-order valence-corrected chi connectivity index (χ2v) is 6.78. The van der Waals surface area contributed by atoms with Gasteiger partial charge in [0.25, 0.3) is 0 Å². The number of benzene rings is 1. The third kappa shape index (κ3) is 5.35. The van der Waals surface area contributed by atoms with Crippen LogP contribution < -0.4 is 0 Å². The summed E-state index contributed by atoms with van der Waals surface area (Å²) in [5.74, 6) is -0.465. The molecule has 0 bridgehead atoms. The van der Waals surface area contributed by atoms with Crippen molar-refractivity contribution in [3.05, 3.63) is 60.2 Å². The SMILES string of the molecule is O=C1C=CC(O)([C@@H](COCc2ccccc2)COC2CCCCO2)C=C1. The summed E-state index contributed by atoms with van der Waals surface area (Å²) in [5, 5.41) is 10.9. The zero-order valence-corrected chi connectivity index (χ0v) is 14.9. The quantitative estimate of drug-likeness (QED) is 0.774. The Bertz CT molecular complexity index is 615. The molecule has 1 saturated heterocycles. The molecule has 1 aromatic rings. The number of carbonyl (C=O) groups is 1. The van der Waals surface area contributed by atoms with E-state index in [1.165, 1.54) is 24.3 Å². The Morgan fingerprint density at radius 1 is 1.15 bits per heavy atom. The molecule has 5 heteroatoms. The predicted molar refractivity (Wildman–Crippen MR) is 97.4 cm³/mol. The van der Waals surface area contributed by atoms with Gasteiger partial charge in [-0.2, -0.15) is 0 Å². The first-order chi connectivity index (χ1) is 12.7. The van der Waals surface area contributed by atoms with Crippen LogP contribution in [0.3, 0.4) is 0 Å². The highest BCUT2D eigenvalue weighted by Crippen LogP contribution is 2.26. The Morgan fingerprint density at radius 2 is 1.92 bits per heavy atom. The zero-order valence-electron chi connectivity index (χ0n) is 14.9. The van der Waals surface area contributed by atoms with Crippen LogP contribution in [0.4, 0.5) is 0 Å². The lowest BCUT2D eigenvalue weighted by atomic mass is 9.85. The summed E-state index contributed by atoms with van der Waals surface area (Å²) >= 11 is 0. The van der Waals surface area contributed by atoms with Crippen LogP contribution in [0, 0.1) is 5.92 Å². The van der Waals surface area contributed by atoms with Crippen molar-refractivity contribution >= 4 is 5.78 Å². The molecule has 2 aliphatic rings. The van der Waals surface area contributed by atoms with Crippen LogP contribution in [0.25, 0.3) is 0 Å². The highest BCUT2D eigenvalue weighted by molar-refractivity contribution is 6.00. The van der Waals surface area contributed by atoms with Gasteiger partial charge in [-0.15, -0.1) is 0 Å². The minimum absolute atomic E-state index is 0.129. The lowest BCUT2D eigenvalue weighted by Crippen LogP contribution is -2.42. The van der Waals surface area contributed by atoms with Gasteiger partial charge in [0.05, 0.1) is 19.8 Å². The minimum Gasteiger partial charge on any atom is -0.381 e.